The molecule has 0 saturated carbocycles. The predicted molar refractivity (Wildman–Crippen MR) is 92.9 cm³/mol. The van der Waals surface area contributed by atoms with E-state index in [1.165, 1.54) is 11.8 Å². The first kappa shape index (κ1) is 18.5. The zero-order valence-electron chi connectivity index (χ0n) is 14.7. The highest BCUT2D eigenvalue weighted by molar-refractivity contribution is 5.92. The van der Waals surface area contributed by atoms with Crippen LogP contribution in [0.3, 0.4) is 0 Å². The van der Waals surface area contributed by atoms with Gasteiger partial charge in [-0.15, -0.1) is 0 Å². The molecule has 7 nitrogen and oxygen atoms in total. The van der Waals surface area contributed by atoms with Gasteiger partial charge in [0.25, 0.3) is 5.91 Å². The lowest BCUT2D eigenvalue weighted by molar-refractivity contribution is -0.124. The van der Waals surface area contributed by atoms with Gasteiger partial charge in [0.15, 0.2) is 12.4 Å². The molecule has 0 aliphatic heterocycles. The Morgan fingerprint density at radius 3 is 2.64 bits per heavy atom. The van der Waals surface area contributed by atoms with Crippen LogP contribution in [0.5, 0.6) is 5.75 Å². The van der Waals surface area contributed by atoms with Gasteiger partial charge in [0, 0.05) is 6.04 Å². The highest BCUT2D eigenvalue weighted by Gasteiger charge is 2.21. The highest BCUT2D eigenvalue weighted by Crippen LogP contribution is 2.20. The molecule has 0 fully saturated rings. The molecule has 1 atom stereocenters. The van der Waals surface area contributed by atoms with Crippen LogP contribution < -0.4 is 10.1 Å². The maximum atomic E-state index is 12.2. The summed E-state index contributed by atoms with van der Waals surface area (Å²) in [5.41, 5.74) is 0.812. The zero-order chi connectivity index (χ0) is 18.2. The maximum Gasteiger partial charge on any atom is 0.363 e. The Kier molecular flexibility index (Phi) is 6.56. The van der Waals surface area contributed by atoms with Crippen LogP contribution in [0.2, 0.25) is 0 Å². The van der Waals surface area contributed by atoms with Crippen molar-refractivity contribution in [2.75, 3.05) is 13.7 Å². The van der Waals surface area contributed by atoms with Crippen LogP contribution in [0.1, 0.15) is 37.2 Å². The number of methoxy groups -OCH3 is 1. The molecule has 0 spiro atoms. The normalized spacial score (nSPS) is 11.6. The second-order valence-electron chi connectivity index (χ2n) is 5.66. The Balaban J connectivity index is 2.02. The van der Waals surface area contributed by atoms with Crippen LogP contribution in [-0.4, -0.2) is 41.4 Å². The molecule has 0 bridgehead atoms. The summed E-state index contributed by atoms with van der Waals surface area (Å²) in [4.78, 5) is 24.0. The monoisotopic (exact) mass is 345 g/mol. The van der Waals surface area contributed by atoms with Crippen molar-refractivity contribution in [2.45, 2.75) is 32.7 Å². The van der Waals surface area contributed by atoms with Crippen LogP contribution >= 0.6 is 0 Å². The van der Waals surface area contributed by atoms with Crippen molar-refractivity contribution in [2.24, 2.45) is 0 Å². The SMILES string of the molecule is CCC[C@H](C)NC(=O)COC(=O)c1nn(-c2ccccc2)cc1OC. The number of esters is 1. The van der Waals surface area contributed by atoms with Gasteiger partial charge < -0.3 is 14.8 Å². The first-order valence-corrected chi connectivity index (χ1v) is 8.20. The molecule has 0 unspecified atom stereocenters. The largest absolute Gasteiger partial charge is 0.493 e. The zero-order valence-corrected chi connectivity index (χ0v) is 14.7. The average molecular weight is 345 g/mol. The molecule has 7 heteroatoms. The van der Waals surface area contributed by atoms with E-state index in [1.54, 1.807) is 6.20 Å². The summed E-state index contributed by atoms with van der Waals surface area (Å²) in [5, 5.41) is 6.98. The van der Waals surface area contributed by atoms with Crippen molar-refractivity contribution in [1.82, 2.24) is 15.1 Å². The van der Waals surface area contributed by atoms with Crippen molar-refractivity contribution in [3.63, 3.8) is 0 Å². The lowest BCUT2D eigenvalue weighted by atomic mass is 10.2. The topological polar surface area (TPSA) is 82.5 Å². The summed E-state index contributed by atoms with van der Waals surface area (Å²) < 4.78 is 11.8. The quantitative estimate of drug-likeness (QED) is 0.743. The van der Waals surface area contributed by atoms with Crippen molar-refractivity contribution in [3.05, 3.63) is 42.2 Å². The number of hydrogen-bond acceptors (Lipinski definition) is 5. The number of nitrogens with zero attached hydrogens (tertiary/aromatic N) is 2. The number of amides is 1. The lowest BCUT2D eigenvalue weighted by Crippen LogP contribution is -2.35. The van der Waals surface area contributed by atoms with Gasteiger partial charge in [0.1, 0.15) is 0 Å². The number of ether oxygens (including phenoxy) is 2. The van der Waals surface area contributed by atoms with Crippen molar-refractivity contribution < 1.29 is 19.1 Å². The molecule has 0 aliphatic carbocycles. The fourth-order valence-electron chi connectivity index (χ4n) is 2.38. The number of carbonyl (C=O) groups is 2. The van der Waals surface area contributed by atoms with Crippen LogP contribution in [-0.2, 0) is 9.53 Å². The Labute approximate surface area is 146 Å². The fraction of sp³-hybridized carbons (Fsp3) is 0.389. The number of benzene rings is 1. The minimum atomic E-state index is -0.704. The number of aromatic nitrogens is 2. The van der Waals surface area contributed by atoms with Crippen LogP contribution in [0.15, 0.2) is 36.5 Å². The van der Waals surface area contributed by atoms with E-state index in [0.717, 1.165) is 18.5 Å². The lowest BCUT2D eigenvalue weighted by Gasteiger charge is -2.12. The molecule has 2 aromatic rings. The molecule has 2 rings (SSSR count). The smallest absolute Gasteiger partial charge is 0.363 e. The summed E-state index contributed by atoms with van der Waals surface area (Å²) in [6.07, 6.45) is 3.43. The Morgan fingerprint density at radius 1 is 1.28 bits per heavy atom. The van der Waals surface area contributed by atoms with Crippen molar-refractivity contribution >= 4 is 11.9 Å². The predicted octanol–water partition coefficient (Wildman–Crippen LogP) is 2.34. The van der Waals surface area contributed by atoms with E-state index < -0.39 is 5.97 Å². The van der Waals surface area contributed by atoms with Crippen LogP contribution in [0.4, 0.5) is 0 Å². The molecule has 25 heavy (non-hydrogen) atoms. The van der Waals surface area contributed by atoms with Gasteiger partial charge in [-0.25, -0.2) is 9.48 Å². The molecule has 1 aromatic carbocycles. The number of carbonyl (C=O) groups excluding carboxylic acids is 2. The summed E-state index contributed by atoms with van der Waals surface area (Å²) in [6.45, 7) is 3.60. The van der Waals surface area contributed by atoms with Gasteiger partial charge in [-0.3, -0.25) is 4.79 Å². The van der Waals surface area contributed by atoms with Crippen LogP contribution in [0.25, 0.3) is 5.69 Å². The molecule has 0 aliphatic rings. The molecule has 1 heterocycles. The van der Waals surface area contributed by atoms with Gasteiger partial charge in [0.2, 0.25) is 5.69 Å². The van der Waals surface area contributed by atoms with Crippen LogP contribution in [0, 0.1) is 0 Å². The van der Waals surface area contributed by atoms with Gasteiger partial charge in [-0.05, 0) is 25.5 Å². The minimum Gasteiger partial charge on any atom is -0.493 e. The minimum absolute atomic E-state index is 0.0285. The summed E-state index contributed by atoms with van der Waals surface area (Å²) >= 11 is 0. The third-order valence-corrected chi connectivity index (χ3v) is 3.58. The van der Waals surface area contributed by atoms with E-state index in [4.69, 9.17) is 9.47 Å². The Hall–Kier alpha value is -2.83. The first-order chi connectivity index (χ1) is 12.0. The molecular formula is C18H23N3O4. The van der Waals surface area contributed by atoms with Gasteiger partial charge >= 0.3 is 5.97 Å². The molecule has 0 radical (unpaired) electrons. The van der Waals surface area contributed by atoms with E-state index in [0.29, 0.717) is 0 Å². The molecular weight excluding hydrogens is 322 g/mol. The second kappa shape index (κ2) is 8.86. The summed E-state index contributed by atoms with van der Waals surface area (Å²) in [5.74, 6) is -0.755. The van der Waals surface area contributed by atoms with Crippen molar-refractivity contribution in [1.29, 1.82) is 0 Å². The average Bonchev–Trinajstić information content (AvgIpc) is 3.05. The van der Waals surface area contributed by atoms with Gasteiger partial charge in [-0.2, -0.15) is 5.10 Å². The van der Waals surface area contributed by atoms with Gasteiger partial charge in [-0.1, -0.05) is 31.5 Å². The molecule has 1 amide bonds. The standard InChI is InChI=1S/C18H23N3O4/c1-4-8-13(2)19-16(22)12-25-18(23)17-15(24-3)11-21(20-17)14-9-6-5-7-10-14/h5-7,9-11,13H,4,8,12H2,1-3H3,(H,19,22)/t13-/m0/s1. The van der Waals surface area contributed by atoms with E-state index in [2.05, 4.69) is 10.4 Å². The molecule has 1 aromatic heterocycles. The third-order valence-electron chi connectivity index (χ3n) is 3.58. The maximum absolute atomic E-state index is 12.2. The van der Waals surface area contributed by atoms with Crippen molar-refractivity contribution in [3.8, 4) is 11.4 Å². The number of nitrogens with one attached hydrogen (secondary N) is 1. The van der Waals surface area contributed by atoms with E-state index in [9.17, 15) is 9.59 Å². The third kappa shape index (κ3) is 5.07. The van der Waals surface area contributed by atoms with E-state index >= 15 is 0 Å². The summed E-state index contributed by atoms with van der Waals surface area (Å²) in [7, 11) is 1.45. The van der Waals surface area contributed by atoms with Gasteiger partial charge in [0.05, 0.1) is 19.0 Å². The fourth-order valence-corrected chi connectivity index (χ4v) is 2.38. The molecule has 1 N–H and O–H groups in total. The van der Waals surface area contributed by atoms with E-state index in [-0.39, 0.29) is 30.0 Å². The number of rotatable bonds is 8. The highest BCUT2D eigenvalue weighted by atomic mass is 16.5. The molecule has 134 valence electrons. The summed E-state index contributed by atoms with van der Waals surface area (Å²) in [6, 6.07) is 9.36. The second-order valence-corrected chi connectivity index (χ2v) is 5.66. The number of hydrogen-bond donors (Lipinski definition) is 1. The Morgan fingerprint density at radius 2 is 2.00 bits per heavy atom. The first-order valence-electron chi connectivity index (χ1n) is 8.20. The van der Waals surface area contributed by atoms with E-state index in [1.807, 2.05) is 44.2 Å². The Bertz CT molecular complexity index is 712. The molecule has 0 saturated heterocycles. The number of para-hydroxylation sites is 1.